The van der Waals surface area contributed by atoms with Crippen LogP contribution in [-0.2, 0) is 16.1 Å². The van der Waals surface area contributed by atoms with Crippen molar-refractivity contribution in [1.29, 1.82) is 0 Å². The number of aliphatic imine (C=N–C) groups is 1. The van der Waals surface area contributed by atoms with Gasteiger partial charge in [0.05, 0.1) is 12.2 Å². The molecule has 0 spiro atoms. The van der Waals surface area contributed by atoms with Crippen molar-refractivity contribution in [2.45, 2.75) is 18.2 Å². The molecule has 3 aromatic carbocycles. The van der Waals surface area contributed by atoms with E-state index in [1.807, 2.05) is 6.07 Å². The van der Waals surface area contributed by atoms with Crippen LogP contribution in [0.3, 0.4) is 0 Å². The van der Waals surface area contributed by atoms with E-state index >= 15 is 0 Å². The molecule has 1 unspecified atom stereocenters. The highest BCUT2D eigenvalue weighted by Crippen LogP contribution is 2.35. The quantitative estimate of drug-likeness (QED) is 0.547. The summed E-state index contributed by atoms with van der Waals surface area (Å²) in [5, 5.41) is 2.27. The van der Waals surface area contributed by atoms with Crippen LogP contribution in [0.4, 0.5) is 20.2 Å². The zero-order valence-electron chi connectivity index (χ0n) is 18.2. The molecule has 1 N–H and O–H groups in total. The Labute approximate surface area is 203 Å². The Hall–Kier alpha value is -3.92. The number of ether oxygens (including phenoxy) is 2. The first-order valence-corrected chi connectivity index (χ1v) is 11.6. The second-order valence-electron chi connectivity index (χ2n) is 7.85. The molecule has 10 heteroatoms. The maximum Gasteiger partial charge on any atom is 0.238 e. The molecular formula is C25H19F2N3O4S. The average molecular weight is 496 g/mol. The molecule has 0 aromatic heterocycles. The Morgan fingerprint density at radius 2 is 1.69 bits per heavy atom. The van der Waals surface area contributed by atoms with E-state index in [2.05, 4.69) is 10.3 Å². The fraction of sp³-hybridized carbons (Fsp3) is 0.160. The van der Waals surface area contributed by atoms with Crippen LogP contribution in [0, 0.1) is 11.6 Å². The lowest BCUT2D eigenvalue weighted by atomic mass is 10.1. The highest BCUT2D eigenvalue weighted by Gasteiger charge is 2.36. The van der Waals surface area contributed by atoms with E-state index in [0.717, 1.165) is 17.3 Å². The third-order valence-corrected chi connectivity index (χ3v) is 6.56. The number of amidine groups is 1. The minimum atomic E-state index is -0.750. The Balaban J connectivity index is 1.40. The van der Waals surface area contributed by atoms with Crippen molar-refractivity contribution in [3.05, 3.63) is 83.9 Å². The third-order valence-electron chi connectivity index (χ3n) is 5.37. The van der Waals surface area contributed by atoms with Gasteiger partial charge in [-0.25, -0.2) is 13.8 Å². The van der Waals surface area contributed by atoms with Crippen molar-refractivity contribution in [2.75, 3.05) is 12.1 Å². The van der Waals surface area contributed by atoms with Crippen LogP contribution in [0.5, 0.6) is 11.5 Å². The van der Waals surface area contributed by atoms with Crippen LogP contribution in [0.1, 0.15) is 12.0 Å². The first-order chi connectivity index (χ1) is 16.9. The van der Waals surface area contributed by atoms with E-state index in [-0.39, 0.29) is 25.7 Å². The Morgan fingerprint density at radius 3 is 2.43 bits per heavy atom. The first kappa shape index (κ1) is 22.9. The lowest BCUT2D eigenvalue weighted by molar-refractivity contribution is -0.129. The number of thioether (sulfide) groups is 1. The molecule has 3 aromatic rings. The van der Waals surface area contributed by atoms with Gasteiger partial charge in [0, 0.05) is 12.1 Å². The number of halogens is 2. The second-order valence-corrected chi connectivity index (χ2v) is 9.01. The fourth-order valence-electron chi connectivity index (χ4n) is 3.60. The monoisotopic (exact) mass is 495 g/mol. The summed E-state index contributed by atoms with van der Waals surface area (Å²) in [6, 6.07) is 16.3. The molecule has 0 bridgehead atoms. The summed E-state index contributed by atoms with van der Waals surface area (Å²) in [6.07, 6.45) is -0.0509. The van der Waals surface area contributed by atoms with Gasteiger partial charge < -0.3 is 14.8 Å². The van der Waals surface area contributed by atoms with Gasteiger partial charge in [0.1, 0.15) is 16.9 Å². The molecule has 35 heavy (non-hydrogen) atoms. The van der Waals surface area contributed by atoms with Crippen LogP contribution in [0.25, 0.3) is 0 Å². The van der Waals surface area contributed by atoms with Crippen LogP contribution < -0.4 is 14.8 Å². The SMILES string of the molecule is O=C(Nc1ccc(F)cc1)C1CC(=O)N(Cc2ccc3c(c2)OCO3)C(=Nc2ccc(F)cc2)S1. The molecular weight excluding hydrogens is 476 g/mol. The number of hydrogen-bond acceptors (Lipinski definition) is 6. The van der Waals surface area contributed by atoms with Crippen LogP contribution >= 0.6 is 11.8 Å². The van der Waals surface area contributed by atoms with E-state index < -0.39 is 22.8 Å². The molecule has 7 nitrogen and oxygen atoms in total. The zero-order chi connectivity index (χ0) is 24.4. The van der Waals surface area contributed by atoms with Crippen LogP contribution in [0.15, 0.2) is 71.7 Å². The molecule has 0 saturated carbocycles. The molecule has 0 aliphatic carbocycles. The molecule has 0 radical (unpaired) electrons. The van der Waals surface area contributed by atoms with Gasteiger partial charge in [-0.05, 0) is 66.2 Å². The van der Waals surface area contributed by atoms with Gasteiger partial charge >= 0.3 is 0 Å². The van der Waals surface area contributed by atoms with Crippen molar-refractivity contribution in [3.8, 4) is 11.5 Å². The number of rotatable bonds is 5. The number of nitrogens with zero attached hydrogens (tertiary/aromatic N) is 2. The van der Waals surface area contributed by atoms with Crippen molar-refractivity contribution in [3.63, 3.8) is 0 Å². The maximum absolute atomic E-state index is 13.4. The van der Waals surface area contributed by atoms with Gasteiger partial charge in [-0.15, -0.1) is 0 Å². The number of fused-ring (bicyclic) bond motifs is 1. The summed E-state index contributed by atoms with van der Waals surface area (Å²) in [4.78, 5) is 32.1. The molecule has 2 heterocycles. The highest BCUT2D eigenvalue weighted by atomic mass is 32.2. The number of carbonyl (C=O) groups excluding carboxylic acids is 2. The van der Waals surface area contributed by atoms with E-state index in [1.54, 1.807) is 12.1 Å². The zero-order valence-corrected chi connectivity index (χ0v) is 19.1. The lowest BCUT2D eigenvalue weighted by Gasteiger charge is -2.32. The minimum absolute atomic E-state index is 0.0509. The summed E-state index contributed by atoms with van der Waals surface area (Å²) in [6.45, 7) is 0.341. The number of amides is 2. The van der Waals surface area contributed by atoms with Crippen LogP contribution in [0.2, 0.25) is 0 Å². The summed E-state index contributed by atoms with van der Waals surface area (Å²) in [5.74, 6) is -0.293. The molecule has 5 rings (SSSR count). The van der Waals surface area contributed by atoms with Crippen molar-refractivity contribution in [2.24, 2.45) is 4.99 Å². The van der Waals surface area contributed by atoms with Gasteiger partial charge in [-0.2, -0.15) is 0 Å². The standard InChI is InChI=1S/C25H19F2N3O4S/c26-16-2-6-18(7-3-16)28-24(32)22-12-23(31)30(13-15-1-10-20-21(11-15)34-14-33-20)25(35-22)29-19-8-4-17(27)5-9-19/h1-11,22H,12-14H2,(H,28,32). The van der Waals surface area contributed by atoms with Crippen molar-refractivity contribution in [1.82, 2.24) is 4.90 Å². The Kier molecular flexibility index (Phi) is 6.37. The number of carbonyl (C=O) groups is 2. The van der Waals surface area contributed by atoms with Gasteiger partial charge in [0.2, 0.25) is 18.6 Å². The predicted molar refractivity (Wildman–Crippen MR) is 128 cm³/mol. The molecule has 2 aliphatic rings. The second kappa shape index (κ2) is 9.75. The van der Waals surface area contributed by atoms with E-state index in [9.17, 15) is 18.4 Å². The lowest BCUT2D eigenvalue weighted by Crippen LogP contribution is -2.44. The maximum atomic E-state index is 13.4. The molecule has 1 atom stereocenters. The fourth-order valence-corrected chi connectivity index (χ4v) is 4.70. The number of benzene rings is 3. The van der Waals surface area contributed by atoms with Crippen LogP contribution in [-0.4, -0.2) is 33.9 Å². The van der Waals surface area contributed by atoms with Gasteiger partial charge in [-0.3, -0.25) is 14.5 Å². The molecule has 1 fully saturated rings. The normalized spacial score (nSPS) is 18.1. The Morgan fingerprint density at radius 1 is 1.00 bits per heavy atom. The predicted octanol–water partition coefficient (Wildman–Crippen LogP) is 4.85. The third kappa shape index (κ3) is 5.27. The molecule has 178 valence electrons. The summed E-state index contributed by atoms with van der Waals surface area (Å²) in [7, 11) is 0. The number of hydrogen-bond donors (Lipinski definition) is 1. The van der Waals surface area contributed by atoms with Gasteiger partial charge in [-0.1, -0.05) is 17.8 Å². The molecule has 2 aliphatic heterocycles. The summed E-state index contributed by atoms with van der Waals surface area (Å²) < 4.78 is 37.3. The van der Waals surface area contributed by atoms with Crippen molar-refractivity contribution >= 4 is 40.1 Å². The number of anilines is 1. The van der Waals surface area contributed by atoms with E-state index in [0.29, 0.717) is 28.0 Å². The largest absolute Gasteiger partial charge is 0.454 e. The summed E-state index contributed by atoms with van der Waals surface area (Å²) in [5.41, 5.74) is 1.66. The minimum Gasteiger partial charge on any atom is -0.454 e. The first-order valence-electron chi connectivity index (χ1n) is 10.7. The highest BCUT2D eigenvalue weighted by molar-refractivity contribution is 8.15. The smallest absolute Gasteiger partial charge is 0.238 e. The topological polar surface area (TPSA) is 80.2 Å². The average Bonchev–Trinajstić information content (AvgIpc) is 3.32. The van der Waals surface area contributed by atoms with Gasteiger partial charge in [0.25, 0.3) is 0 Å². The van der Waals surface area contributed by atoms with Crippen molar-refractivity contribution < 1.29 is 27.8 Å². The van der Waals surface area contributed by atoms with E-state index in [4.69, 9.17) is 9.47 Å². The van der Waals surface area contributed by atoms with E-state index in [1.165, 1.54) is 53.4 Å². The molecule has 2 amide bonds. The summed E-state index contributed by atoms with van der Waals surface area (Å²) >= 11 is 1.14. The Bertz CT molecular complexity index is 1300. The molecule has 1 saturated heterocycles. The van der Waals surface area contributed by atoms with Gasteiger partial charge in [0.15, 0.2) is 16.7 Å². The number of nitrogens with one attached hydrogen (secondary N) is 1.